The molecule has 0 radical (unpaired) electrons. The molecule has 1 aliphatic heterocycles. The van der Waals surface area contributed by atoms with Gasteiger partial charge in [-0.25, -0.2) is 4.79 Å². The number of carbonyl (C=O) groups is 2. The topological polar surface area (TPSA) is 93.3 Å². The van der Waals surface area contributed by atoms with Crippen LogP contribution in [0.3, 0.4) is 0 Å². The van der Waals surface area contributed by atoms with Gasteiger partial charge in [0.2, 0.25) is 5.91 Å². The van der Waals surface area contributed by atoms with Crippen LogP contribution in [0.15, 0.2) is 52.6 Å². The molecule has 4 rings (SSSR count). The van der Waals surface area contributed by atoms with E-state index in [0.717, 1.165) is 9.36 Å². The Morgan fingerprint density at radius 2 is 1.64 bits per heavy atom. The number of piperazine rings is 1. The summed E-state index contributed by atoms with van der Waals surface area (Å²) < 4.78 is 2.21. The molecule has 3 aromatic rings. The normalized spacial score (nSPS) is 14.3. The van der Waals surface area contributed by atoms with Crippen molar-refractivity contribution in [1.82, 2.24) is 29.6 Å². The highest BCUT2D eigenvalue weighted by molar-refractivity contribution is 7.12. The molecule has 1 saturated heterocycles. The minimum absolute atomic E-state index is 0.0101. The van der Waals surface area contributed by atoms with Crippen LogP contribution in [0.25, 0.3) is 5.69 Å². The first-order valence-corrected chi connectivity index (χ1v) is 9.70. The maximum Gasteiger partial charge on any atom is 0.368 e. The van der Waals surface area contributed by atoms with E-state index >= 15 is 0 Å². The summed E-state index contributed by atoms with van der Waals surface area (Å²) in [7, 11) is 0. The van der Waals surface area contributed by atoms with Gasteiger partial charge in [-0.2, -0.15) is 9.36 Å². The molecule has 0 bridgehead atoms. The minimum atomic E-state index is -0.467. The molecule has 0 N–H and O–H groups in total. The van der Waals surface area contributed by atoms with Gasteiger partial charge >= 0.3 is 5.69 Å². The molecule has 0 atom stereocenters. The van der Waals surface area contributed by atoms with E-state index in [1.54, 1.807) is 40.1 Å². The van der Waals surface area contributed by atoms with Crippen molar-refractivity contribution in [1.29, 1.82) is 0 Å². The Morgan fingerprint density at radius 1 is 0.929 bits per heavy atom. The van der Waals surface area contributed by atoms with Gasteiger partial charge in [-0.15, -0.1) is 11.3 Å². The number of hydrogen-bond acceptors (Lipinski definition) is 6. The zero-order chi connectivity index (χ0) is 19.5. The van der Waals surface area contributed by atoms with Crippen LogP contribution in [0.1, 0.15) is 9.67 Å². The Hall–Kier alpha value is -3.27. The highest BCUT2D eigenvalue weighted by atomic mass is 32.1. The average molecular weight is 398 g/mol. The van der Waals surface area contributed by atoms with Gasteiger partial charge in [-0.3, -0.25) is 9.59 Å². The van der Waals surface area contributed by atoms with Gasteiger partial charge in [-0.1, -0.05) is 24.3 Å². The summed E-state index contributed by atoms with van der Waals surface area (Å²) in [5.74, 6) is -0.227. The van der Waals surface area contributed by atoms with Crippen LogP contribution in [0.4, 0.5) is 0 Å². The van der Waals surface area contributed by atoms with Crippen molar-refractivity contribution in [2.24, 2.45) is 0 Å². The summed E-state index contributed by atoms with van der Waals surface area (Å²) >= 11 is 1.41. The lowest BCUT2D eigenvalue weighted by Crippen LogP contribution is -2.51. The lowest BCUT2D eigenvalue weighted by molar-refractivity contribution is -0.133. The lowest BCUT2D eigenvalue weighted by Gasteiger charge is -2.34. The highest BCUT2D eigenvalue weighted by Gasteiger charge is 2.26. The maximum atomic E-state index is 12.6. The fourth-order valence-electron chi connectivity index (χ4n) is 3.05. The van der Waals surface area contributed by atoms with Crippen molar-refractivity contribution < 1.29 is 9.59 Å². The smallest absolute Gasteiger partial charge is 0.338 e. The molecular formula is C18H18N6O3S. The van der Waals surface area contributed by atoms with Crippen LogP contribution in [0, 0.1) is 0 Å². The standard InChI is InChI=1S/C18H18N6O3S/c25-16(13-23-18(27)24(20-19-23)14-5-2-1-3-6-14)21-8-10-22(11-9-21)17(26)15-7-4-12-28-15/h1-7,12H,8-11,13H2. The number of para-hydroxylation sites is 1. The summed E-state index contributed by atoms with van der Waals surface area (Å²) in [6, 6.07) is 12.6. The van der Waals surface area contributed by atoms with Gasteiger partial charge in [0.05, 0.1) is 10.6 Å². The largest absolute Gasteiger partial charge is 0.368 e. The van der Waals surface area contributed by atoms with Crippen LogP contribution < -0.4 is 5.69 Å². The number of amides is 2. The van der Waals surface area contributed by atoms with Gasteiger partial charge in [-0.05, 0) is 34.0 Å². The van der Waals surface area contributed by atoms with E-state index in [0.29, 0.717) is 36.7 Å². The van der Waals surface area contributed by atoms with Crippen molar-refractivity contribution in [3.63, 3.8) is 0 Å². The summed E-state index contributed by atoms with van der Waals surface area (Å²) in [6.45, 7) is 1.61. The number of tetrazole rings is 1. The van der Waals surface area contributed by atoms with E-state index in [1.807, 2.05) is 17.5 Å². The van der Waals surface area contributed by atoms with Gasteiger partial charge in [0.15, 0.2) is 0 Å². The third kappa shape index (κ3) is 3.58. The Balaban J connectivity index is 1.37. The average Bonchev–Trinajstić information content (AvgIpc) is 3.39. The van der Waals surface area contributed by atoms with Crippen molar-refractivity contribution in [3.8, 4) is 5.69 Å². The molecule has 0 saturated carbocycles. The monoisotopic (exact) mass is 398 g/mol. The molecule has 0 unspecified atom stereocenters. The molecule has 1 aliphatic rings. The molecule has 0 spiro atoms. The third-order valence-electron chi connectivity index (χ3n) is 4.58. The second kappa shape index (κ2) is 7.77. The zero-order valence-corrected chi connectivity index (χ0v) is 15.8. The summed E-state index contributed by atoms with van der Waals surface area (Å²) in [4.78, 5) is 41.5. The number of nitrogens with zero attached hydrogens (tertiary/aromatic N) is 6. The molecule has 1 fully saturated rings. The summed E-state index contributed by atoms with van der Waals surface area (Å²) in [5.41, 5.74) is 0.123. The molecular weight excluding hydrogens is 380 g/mol. The summed E-state index contributed by atoms with van der Waals surface area (Å²) in [6.07, 6.45) is 0. The number of hydrogen-bond donors (Lipinski definition) is 0. The summed E-state index contributed by atoms with van der Waals surface area (Å²) in [5, 5.41) is 9.52. The van der Waals surface area contributed by atoms with E-state index in [4.69, 9.17) is 0 Å². The van der Waals surface area contributed by atoms with Crippen LogP contribution >= 0.6 is 11.3 Å². The van der Waals surface area contributed by atoms with Crippen LogP contribution in [0.2, 0.25) is 0 Å². The second-order valence-corrected chi connectivity index (χ2v) is 7.26. The maximum absolute atomic E-state index is 12.6. The van der Waals surface area contributed by atoms with Crippen LogP contribution in [-0.4, -0.2) is 67.6 Å². The SMILES string of the molecule is O=C(Cn1nnn(-c2ccccc2)c1=O)N1CCN(C(=O)c2cccs2)CC1. The molecule has 0 aliphatic carbocycles. The minimum Gasteiger partial charge on any atom is -0.338 e. The number of carbonyl (C=O) groups excluding carboxylic acids is 2. The van der Waals surface area contributed by atoms with Crippen LogP contribution in [-0.2, 0) is 11.3 Å². The third-order valence-corrected chi connectivity index (χ3v) is 5.43. The molecule has 2 amide bonds. The molecule has 28 heavy (non-hydrogen) atoms. The van der Waals surface area contributed by atoms with Crippen molar-refractivity contribution in [2.45, 2.75) is 6.54 Å². The van der Waals surface area contributed by atoms with E-state index in [2.05, 4.69) is 10.4 Å². The number of aromatic nitrogens is 4. The first kappa shape index (κ1) is 18.1. The molecule has 2 aromatic heterocycles. The van der Waals surface area contributed by atoms with E-state index in [9.17, 15) is 14.4 Å². The zero-order valence-electron chi connectivity index (χ0n) is 15.0. The quantitative estimate of drug-likeness (QED) is 0.637. The van der Waals surface area contributed by atoms with Crippen molar-refractivity contribution in [3.05, 3.63) is 63.2 Å². The predicted molar refractivity (Wildman–Crippen MR) is 102 cm³/mol. The molecule has 1 aromatic carbocycles. The van der Waals surface area contributed by atoms with E-state index in [-0.39, 0.29) is 18.4 Å². The first-order chi connectivity index (χ1) is 13.6. The fourth-order valence-corrected chi connectivity index (χ4v) is 3.74. The molecule has 3 heterocycles. The highest BCUT2D eigenvalue weighted by Crippen LogP contribution is 2.14. The molecule has 9 nitrogen and oxygen atoms in total. The Kier molecular flexibility index (Phi) is 5.02. The fraction of sp³-hybridized carbons (Fsp3) is 0.278. The second-order valence-electron chi connectivity index (χ2n) is 6.32. The lowest BCUT2D eigenvalue weighted by atomic mass is 10.3. The van der Waals surface area contributed by atoms with Gasteiger partial charge in [0.25, 0.3) is 5.91 Å². The molecule has 10 heteroatoms. The Bertz CT molecular complexity index is 1020. The Labute approximate surface area is 164 Å². The number of thiophene rings is 1. The van der Waals surface area contributed by atoms with Gasteiger partial charge in [0.1, 0.15) is 6.54 Å². The van der Waals surface area contributed by atoms with E-state index < -0.39 is 5.69 Å². The predicted octanol–water partition coefficient (Wildman–Crippen LogP) is 0.475. The van der Waals surface area contributed by atoms with Crippen molar-refractivity contribution >= 4 is 23.2 Å². The van der Waals surface area contributed by atoms with Crippen LogP contribution in [0.5, 0.6) is 0 Å². The number of rotatable bonds is 4. The van der Waals surface area contributed by atoms with Crippen molar-refractivity contribution in [2.75, 3.05) is 26.2 Å². The van der Waals surface area contributed by atoms with Gasteiger partial charge in [0, 0.05) is 26.2 Å². The first-order valence-electron chi connectivity index (χ1n) is 8.82. The number of benzene rings is 1. The molecule has 144 valence electrons. The Morgan fingerprint density at radius 3 is 2.32 bits per heavy atom. The van der Waals surface area contributed by atoms with Gasteiger partial charge < -0.3 is 9.80 Å². The van der Waals surface area contributed by atoms with E-state index in [1.165, 1.54) is 11.3 Å².